The molecule has 1 unspecified atom stereocenters. The smallest absolute Gasteiger partial charge is 0.337 e. The van der Waals surface area contributed by atoms with Gasteiger partial charge in [-0.3, -0.25) is 0 Å². The van der Waals surface area contributed by atoms with E-state index in [9.17, 15) is 9.59 Å². The van der Waals surface area contributed by atoms with Crippen molar-refractivity contribution in [2.75, 3.05) is 17.3 Å². The highest BCUT2D eigenvalue weighted by Gasteiger charge is 2.18. The van der Waals surface area contributed by atoms with Gasteiger partial charge in [0.15, 0.2) is 0 Å². The molecule has 0 aromatic heterocycles. The summed E-state index contributed by atoms with van der Waals surface area (Å²) in [6.45, 7) is 1.87. The van der Waals surface area contributed by atoms with Gasteiger partial charge >= 0.3 is 12.0 Å². The molecule has 0 bridgehead atoms. The molecule has 0 aliphatic heterocycles. The zero-order valence-electron chi connectivity index (χ0n) is 11.6. The highest BCUT2D eigenvalue weighted by atomic mass is 35.5. The zero-order chi connectivity index (χ0) is 16.0. The second kappa shape index (κ2) is 8.36. The van der Waals surface area contributed by atoms with E-state index in [4.69, 9.17) is 28.3 Å². The number of carbonyl (C=O) groups is 2. The van der Waals surface area contributed by atoms with E-state index in [-0.39, 0.29) is 27.3 Å². The second-order valence-electron chi connectivity index (χ2n) is 4.40. The van der Waals surface area contributed by atoms with E-state index in [0.717, 1.165) is 12.2 Å². The molecule has 0 fully saturated rings. The Labute approximate surface area is 137 Å². The first-order valence-electron chi connectivity index (χ1n) is 6.14. The summed E-state index contributed by atoms with van der Waals surface area (Å²) >= 11 is 13.4. The first-order valence-corrected chi connectivity index (χ1v) is 8.29. The van der Waals surface area contributed by atoms with Gasteiger partial charge in [-0.1, -0.05) is 23.2 Å². The average molecular weight is 351 g/mol. The van der Waals surface area contributed by atoms with Crippen LogP contribution in [-0.2, 0) is 0 Å². The maximum atomic E-state index is 11.9. The number of anilines is 1. The van der Waals surface area contributed by atoms with Crippen molar-refractivity contribution in [3.8, 4) is 0 Å². The van der Waals surface area contributed by atoms with Crippen molar-refractivity contribution in [1.29, 1.82) is 0 Å². The van der Waals surface area contributed by atoms with Crippen molar-refractivity contribution in [3.05, 3.63) is 27.7 Å². The number of urea groups is 1. The number of carboxylic acid groups (broad SMARTS) is 1. The fourth-order valence-electron chi connectivity index (χ4n) is 1.61. The monoisotopic (exact) mass is 350 g/mol. The minimum atomic E-state index is -1.22. The number of hydrogen-bond acceptors (Lipinski definition) is 3. The van der Waals surface area contributed by atoms with E-state index in [1.54, 1.807) is 11.8 Å². The van der Waals surface area contributed by atoms with Gasteiger partial charge in [0.05, 0.1) is 16.3 Å². The molecule has 1 aromatic carbocycles. The van der Waals surface area contributed by atoms with Crippen molar-refractivity contribution in [2.45, 2.75) is 19.4 Å². The minimum Gasteiger partial charge on any atom is -0.478 e. The number of aromatic carboxylic acids is 1. The Kier molecular flexibility index (Phi) is 7.14. The van der Waals surface area contributed by atoms with Gasteiger partial charge in [-0.05, 0) is 37.5 Å². The van der Waals surface area contributed by atoms with E-state index in [0.29, 0.717) is 0 Å². The molecule has 116 valence electrons. The Morgan fingerprint density at radius 2 is 2.05 bits per heavy atom. The first kappa shape index (κ1) is 17.9. The SMILES string of the molecule is CSCCC(C)NC(=O)Nc1c(Cl)cc(Cl)cc1C(=O)O. The molecule has 0 saturated heterocycles. The third kappa shape index (κ3) is 5.65. The number of hydrogen-bond donors (Lipinski definition) is 3. The van der Waals surface area contributed by atoms with Crippen LogP contribution in [-0.4, -0.2) is 35.2 Å². The van der Waals surface area contributed by atoms with Crippen molar-refractivity contribution in [2.24, 2.45) is 0 Å². The van der Waals surface area contributed by atoms with Crippen LogP contribution < -0.4 is 10.6 Å². The maximum Gasteiger partial charge on any atom is 0.337 e. The van der Waals surface area contributed by atoms with Crippen LogP contribution in [0.4, 0.5) is 10.5 Å². The molecular formula is C13H16Cl2N2O3S. The van der Waals surface area contributed by atoms with Crippen LogP contribution in [0.2, 0.25) is 10.0 Å². The summed E-state index contributed by atoms with van der Waals surface area (Å²) in [4.78, 5) is 23.1. The molecule has 1 rings (SSSR count). The quantitative estimate of drug-likeness (QED) is 0.725. The lowest BCUT2D eigenvalue weighted by Gasteiger charge is -2.16. The zero-order valence-corrected chi connectivity index (χ0v) is 13.9. The van der Waals surface area contributed by atoms with Gasteiger partial charge in [-0.2, -0.15) is 11.8 Å². The number of amides is 2. The molecule has 21 heavy (non-hydrogen) atoms. The summed E-state index contributed by atoms with van der Waals surface area (Å²) < 4.78 is 0. The van der Waals surface area contributed by atoms with Gasteiger partial charge < -0.3 is 15.7 Å². The number of halogens is 2. The summed E-state index contributed by atoms with van der Waals surface area (Å²) in [5.74, 6) is -0.297. The number of benzene rings is 1. The van der Waals surface area contributed by atoms with Gasteiger partial charge in [0, 0.05) is 11.1 Å². The molecule has 0 aliphatic rings. The van der Waals surface area contributed by atoms with Crippen LogP contribution >= 0.6 is 35.0 Å². The molecule has 3 N–H and O–H groups in total. The predicted molar refractivity (Wildman–Crippen MR) is 88.0 cm³/mol. The summed E-state index contributed by atoms with van der Waals surface area (Å²) in [6.07, 6.45) is 2.80. The Morgan fingerprint density at radius 3 is 2.62 bits per heavy atom. The van der Waals surface area contributed by atoms with Crippen LogP contribution in [0.5, 0.6) is 0 Å². The maximum absolute atomic E-state index is 11.9. The lowest BCUT2D eigenvalue weighted by molar-refractivity contribution is 0.0698. The molecule has 1 atom stereocenters. The van der Waals surface area contributed by atoms with E-state index in [1.165, 1.54) is 12.1 Å². The number of rotatable bonds is 6. The lowest BCUT2D eigenvalue weighted by atomic mass is 10.2. The van der Waals surface area contributed by atoms with Crippen LogP contribution in [0.25, 0.3) is 0 Å². The normalized spacial score (nSPS) is 11.8. The Hall–Kier alpha value is -1.11. The topological polar surface area (TPSA) is 78.4 Å². The lowest BCUT2D eigenvalue weighted by Crippen LogP contribution is -2.36. The Morgan fingerprint density at radius 1 is 1.38 bits per heavy atom. The number of nitrogens with one attached hydrogen (secondary N) is 2. The minimum absolute atomic E-state index is 0.0307. The standard InChI is InChI=1S/C13H16Cl2N2O3S/c1-7(3-4-21-2)16-13(20)17-11-9(12(18)19)5-8(14)6-10(11)15/h5-7H,3-4H2,1-2H3,(H,18,19)(H2,16,17,20). The van der Waals surface area contributed by atoms with Gasteiger partial charge in [-0.15, -0.1) is 0 Å². The molecular weight excluding hydrogens is 335 g/mol. The Balaban J connectivity index is 2.83. The van der Waals surface area contributed by atoms with E-state index >= 15 is 0 Å². The summed E-state index contributed by atoms with van der Waals surface area (Å²) in [5, 5.41) is 14.6. The van der Waals surface area contributed by atoms with Crippen molar-refractivity contribution < 1.29 is 14.7 Å². The molecule has 8 heteroatoms. The summed E-state index contributed by atoms with van der Waals surface area (Å²) in [6, 6.07) is 2.08. The van der Waals surface area contributed by atoms with Crippen molar-refractivity contribution >= 4 is 52.7 Å². The number of thioether (sulfide) groups is 1. The number of carbonyl (C=O) groups excluding carboxylic acids is 1. The van der Waals surface area contributed by atoms with Crippen LogP contribution in [0.3, 0.4) is 0 Å². The average Bonchev–Trinajstić information content (AvgIpc) is 2.38. The highest BCUT2D eigenvalue weighted by Crippen LogP contribution is 2.30. The largest absolute Gasteiger partial charge is 0.478 e. The van der Waals surface area contributed by atoms with Crippen LogP contribution in [0, 0.1) is 0 Å². The molecule has 1 aromatic rings. The van der Waals surface area contributed by atoms with E-state index in [1.807, 2.05) is 13.2 Å². The molecule has 0 saturated carbocycles. The third-order valence-electron chi connectivity index (χ3n) is 2.66. The van der Waals surface area contributed by atoms with Crippen molar-refractivity contribution in [3.63, 3.8) is 0 Å². The third-order valence-corrected chi connectivity index (χ3v) is 3.82. The Bertz CT molecular complexity index is 540. The fourth-order valence-corrected chi connectivity index (χ4v) is 2.74. The van der Waals surface area contributed by atoms with Gasteiger partial charge in [0.2, 0.25) is 0 Å². The molecule has 0 spiro atoms. The van der Waals surface area contributed by atoms with Crippen LogP contribution in [0.15, 0.2) is 12.1 Å². The molecule has 0 heterocycles. The predicted octanol–water partition coefficient (Wildman–Crippen LogP) is 3.95. The van der Waals surface area contributed by atoms with Crippen molar-refractivity contribution in [1.82, 2.24) is 5.32 Å². The summed E-state index contributed by atoms with van der Waals surface area (Å²) in [7, 11) is 0. The van der Waals surface area contributed by atoms with E-state index in [2.05, 4.69) is 10.6 Å². The molecule has 2 amide bonds. The summed E-state index contributed by atoms with van der Waals surface area (Å²) in [5.41, 5.74) is -0.123. The van der Waals surface area contributed by atoms with Crippen LogP contribution in [0.1, 0.15) is 23.7 Å². The second-order valence-corrected chi connectivity index (χ2v) is 6.23. The molecule has 5 nitrogen and oxygen atoms in total. The van der Waals surface area contributed by atoms with Gasteiger partial charge in [-0.25, -0.2) is 9.59 Å². The van der Waals surface area contributed by atoms with Gasteiger partial charge in [0.1, 0.15) is 0 Å². The highest BCUT2D eigenvalue weighted by molar-refractivity contribution is 7.98. The fraction of sp³-hybridized carbons (Fsp3) is 0.385. The van der Waals surface area contributed by atoms with Gasteiger partial charge in [0.25, 0.3) is 0 Å². The van der Waals surface area contributed by atoms with E-state index < -0.39 is 12.0 Å². The molecule has 0 aliphatic carbocycles. The first-order chi connectivity index (χ1) is 9.85. The number of carboxylic acids is 1. The molecule has 0 radical (unpaired) electrons.